The van der Waals surface area contributed by atoms with Gasteiger partial charge in [-0.1, -0.05) is 29.8 Å². The summed E-state index contributed by atoms with van der Waals surface area (Å²) < 4.78 is 10.4. The van der Waals surface area contributed by atoms with Gasteiger partial charge in [0.05, 0.1) is 25.5 Å². The van der Waals surface area contributed by atoms with Crippen molar-refractivity contribution in [3.05, 3.63) is 88.6 Å². The normalized spacial score (nSPS) is 13.6. The highest BCUT2D eigenvalue weighted by Crippen LogP contribution is 2.37. The number of imide groups is 1. The van der Waals surface area contributed by atoms with Crippen molar-refractivity contribution in [3.63, 3.8) is 0 Å². The zero-order chi connectivity index (χ0) is 22.8. The summed E-state index contributed by atoms with van der Waals surface area (Å²) in [6.45, 7) is 1.78. The summed E-state index contributed by atoms with van der Waals surface area (Å²) in [4.78, 5) is 28.2. The summed E-state index contributed by atoms with van der Waals surface area (Å²) in [7, 11) is 3.15. The molecule has 7 heteroatoms. The fourth-order valence-electron chi connectivity index (χ4n) is 3.55. The molecule has 0 radical (unpaired) electrons. The Balaban J connectivity index is 1.82. The molecule has 1 heterocycles. The molecule has 6 nitrogen and oxygen atoms in total. The molecule has 0 bridgehead atoms. The molecule has 3 aromatic carbocycles. The van der Waals surface area contributed by atoms with Crippen molar-refractivity contribution in [2.75, 3.05) is 24.4 Å². The Bertz CT molecular complexity index is 1220. The van der Waals surface area contributed by atoms with Gasteiger partial charge in [-0.05, 0) is 66.6 Å². The van der Waals surface area contributed by atoms with Crippen LogP contribution in [0.15, 0.2) is 72.4 Å². The molecule has 162 valence electrons. The molecule has 0 saturated heterocycles. The van der Waals surface area contributed by atoms with Crippen LogP contribution in [0.5, 0.6) is 11.5 Å². The van der Waals surface area contributed by atoms with Gasteiger partial charge in [0.2, 0.25) is 0 Å². The van der Waals surface area contributed by atoms with Gasteiger partial charge in [-0.2, -0.15) is 0 Å². The summed E-state index contributed by atoms with van der Waals surface area (Å²) >= 11 is 6.26. The van der Waals surface area contributed by atoms with Crippen molar-refractivity contribution >= 4 is 40.4 Å². The first-order valence-electron chi connectivity index (χ1n) is 9.88. The Morgan fingerprint density at radius 1 is 0.812 bits per heavy atom. The van der Waals surface area contributed by atoms with Crippen LogP contribution in [0, 0.1) is 6.92 Å². The molecule has 1 aliphatic heterocycles. The first-order valence-corrected chi connectivity index (χ1v) is 10.3. The molecule has 0 atom stereocenters. The third kappa shape index (κ3) is 3.81. The van der Waals surface area contributed by atoms with Crippen LogP contribution in [0.4, 0.5) is 11.4 Å². The molecule has 0 unspecified atom stereocenters. The van der Waals surface area contributed by atoms with Crippen molar-refractivity contribution in [1.29, 1.82) is 0 Å². The minimum absolute atomic E-state index is 0.185. The first-order chi connectivity index (χ1) is 15.4. The molecule has 4 rings (SSSR count). The van der Waals surface area contributed by atoms with E-state index in [1.54, 1.807) is 87.9 Å². The van der Waals surface area contributed by atoms with Crippen LogP contribution in [-0.4, -0.2) is 26.0 Å². The van der Waals surface area contributed by atoms with E-state index in [0.29, 0.717) is 39.0 Å². The number of hydrogen-bond donors (Lipinski definition) is 1. The van der Waals surface area contributed by atoms with Crippen LogP contribution < -0.4 is 19.7 Å². The monoisotopic (exact) mass is 448 g/mol. The number of nitrogens with one attached hydrogen (secondary N) is 1. The SMILES string of the molecule is COc1ccc(NC2=C(c3ccc(OC)cc3)C(=O)N(c3cccc(Cl)c3C)C2=O)cc1. The lowest BCUT2D eigenvalue weighted by Crippen LogP contribution is -2.33. The summed E-state index contributed by atoms with van der Waals surface area (Å²) in [5, 5.41) is 3.61. The maximum Gasteiger partial charge on any atom is 0.282 e. The van der Waals surface area contributed by atoms with Crippen molar-refractivity contribution < 1.29 is 19.1 Å². The number of ether oxygens (including phenoxy) is 2. The van der Waals surface area contributed by atoms with Crippen LogP contribution in [-0.2, 0) is 9.59 Å². The van der Waals surface area contributed by atoms with Crippen LogP contribution in [0.25, 0.3) is 5.57 Å². The van der Waals surface area contributed by atoms with E-state index < -0.39 is 11.8 Å². The predicted octanol–water partition coefficient (Wildman–Crippen LogP) is 5.06. The molecule has 1 aliphatic rings. The van der Waals surface area contributed by atoms with Gasteiger partial charge in [0.1, 0.15) is 17.2 Å². The molecule has 0 spiro atoms. The zero-order valence-electron chi connectivity index (χ0n) is 17.8. The van der Waals surface area contributed by atoms with E-state index >= 15 is 0 Å². The van der Waals surface area contributed by atoms with Gasteiger partial charge in [0.25, 0.3) is 11.8 Å². The summed E-state index contributed by atoms with van der Waals surface area (Å²) in [6.07, 6.45) is 0. The second-order valence-corrected chi connectivity index (χ2v) is 7.57. The number of nitrogens with zero attached hydrogens (tertiary/aromatic N) is 1. The largest absolute Gasteiger partial charge is 0.497 e. The first kappa shape index (κ1) is 21.5. The molecule has 0 saturated carbocycles. The summed E-state index contributed by atoms with van der Waals surface area (Å²) in [5.41, 5.74) is 2.80. The third-order valence-corrected chi connectivity index (χ3v) is 5.71. The van der Waals surface area contributed by atoms with E-state index in [4.69, 9.17) is 21.1 Å². The van der Waals surface area contributed by atoms with Gasteiger partial charge in [-0.15, -0.1) is 0 Å². The molecule has 0 aliphatic carbocycles. The molecule has 32 heavy (non-hydrogen) atoms. The minimum atomic E-state index is -0.456. The van der Waals surface area contributed by atoms with Gasteiger partial charge >= 0.3 is 0 Å². The fraction of sp³-hybridized carbons (Fsp3) is 0.120. The lowest BCUT2D eigenvalue weighted by Gasteiger charge is -2.18. The van der Waals surface area contributed by atoms with Crippen LogP contribution in [0.3, 0.4) is 0 Å². The van der Waals surface area contributed by atoms with Crippen LogP contribution in [0.2, 0.25) is 5.02 Å². The highest BCUT2D eigenvalue weighted by atomic mass is 35.5. The number of anilines is 2. The molecular formula is C25H21ClN2O4. The summed E-state index contributed by atoms with van der Waals surface area (Å²) in [5.74, 6) is 0.451. The fourth-order valence-corrected chi connectivity index (χ4v) is 3.72. The average Bonchev–Trinajstić information content (AvgIpc) is 3.05. The Hall–Kier alpha value is -3.77. The average molecular weight is 449 g/mol. The topological polar surface area (TPSA) is 67.9 Å². The lowest BCUT2D eigenvalue weighted by molar-refractivity contribution is -0.120. The highest BCUT2D eigenvalue weighted by molar-refractivity contribution is 6.46. The Morgan fingerprint density at radius 2 is 1.41 bits per heavy atom. The number of hydrogen-bond acceptors (Lipinski definition) is 5. The Kier molecular flexibility index (Phi) is 5.88. The molecular weight excluding hydrogens is 428 g/mol. The van der Waals surface area contributed by atoms with Crippen LogP contribution in [0.1, 0.15) is 11.1 Å². The molecule has 0 aromatic heterocycles. The second-order valence-electron chi connectivity index (χ2n) is 7.16. The Morgan fingerprint density at radius 3 is 2.00 bits per heavy atom. The maximum absolute atomic E-state index is 13.5. The molecule has 1 N–H and O–H groups in total. The van der Waals surface area contributed by atoms with E-state index in [9.17, 15) is 9.59 Å². The van der Waals surface area contributed by atoms with Crippen molar-refractivity contribution in [1.82, 2.24) is 0 Å². The maximum atomic E-state index is 13.5. The quantitative estimate of drug-likeness (QED) is 0.534. The highest BCUT2D eigenvalue weighted by Gasteiger charge is 2.41. The van der Waals surface area contributed by atoms with Gasteiger partial charge in [-0.25, -0.2) is 4.90 Å². The number of halogens is 1. The smallest absolute Gasteiger partial charge is 0.282 e. The summed E-state index contributed by atoms with van der Waals surface area (Å²) in [6, 6.07) is 19.3. The van der Waals surface area contributed by atoms with Crippen molar-refractivity contribution in [3.8, 4) is 11.5 Å². The minimum Gasteiger partial charge on any atom is -0.497 e. The molecule has 3 aromatic rings. The van der Waals surface area contributed by atoms with Crippen molar-refractivity contribution in [2.45, 2.75) is 6.92 Å². The third-order valence-electron chi connectivity index (χ3n) is 5.30. The number of methoxy groups -OCH3 is 2. The molecule has 0 fully saturated rings. The lowest BCUT2D eigenvalue weighted by atomic mass is 10.0. The standard InChI is InChI=1S/C25H21ClN2O4/c1-15-20(26)5-4-6-21(15)28-24(29)22(16-7-11-18(31-2)12-8-16)23(25(28)30)27-17-9-13-19(32-3)14-10-17/h4-14,27H,1-3H3. The van der Waals surface area contributed by atoms with Gasteiger partial charge in [0, 0.05) is 10.7 Å². The van der Waals surface area contributed by atoms with E-state index in [2.05, 4.69) is 5.32 Å². The number of carbonyl (C=O) groups is 2. The zero-order valence-corrected chi connectivity index (χ0v) is 18.6. The second kappa shape index (κ2) is 8.77. The van der Waals surface area contributed by atoms with Crippen LogP contribution >= 0.6 is 11.6 Å². The number of rotatable bonds is 6. The number of benzene rings is 3. The molecule has 2 amide bonds. The Labute approximate surface area is 191 Å². The van der Waals surface area contributed by atoms with Crippen molar-refractivity contribution in [2.24, 2.45) is 0 Å². The number of carbonyl (C=O) groups excluding carboxylic acids is 2. The van der Waals surface area contributed by atoms with Gasteiger partial charge in [0.15, 0.2) is 0 Å². The number of amides is 2. The predicted molar refractivity (Wildman–Crippen MR) is 125 cm³/mol. The van der Waals surface area contributed by atoms with Gasteiger partial charge < -0.3 is 14.8 Å². The van der Waals surface area contributed by atoms with E-state index in [-0.39, 0.29) is 11.3 Å². The van der Waals surface area contributed by atoms with E-state index in [0.717, 1.165) is 4.90 Å². The van der Waals surface area contributed by atoms with E-state index in [1.165, 1.54) is 0 Å². The van der Waals surface area contributed by atoms with E-state index in [1.807, 2.05) is 0 Å². The van der Waals surface area contributed by atoms with Gasteiger partial charge in [-0.3, -0.25) is 9.59 Å².